The van der Waals surface area contributed by atoms with Crippen LogP contribution in [0.4, 0.5) is 4.79 Å². The Kier molecular flexibility index (Phi) is 7.33. The lowest BCUT2D eigenvalue weighted by Gasteiger charge is -2.35. The third-order valence-corrected chi connectivity index (χ3v) is 7.21. The number of carbonyl (C=O) groups is 2. The molecule has 0 aliphatic carbocycles. The maximum absolute atomic E-state index is 13.7. The second-order valence-electron chi connectivity index (χ2n) is 9.31. The van der Waals surface area contributed by atoms with Gasteiger partial charge >= 0.3 is 12.1 Å². The molecule has 13 heteroatoms. The number of aromatic nitrogens is 2. The molecule has 5 rings (SSSR count). The molecule has 1 aromatic carbocycles. The summed E-state index contributed by atoms with van der Waals surface area (Å²) in [7, 11) is 0. The zero-order chi connectivity index (χ0) is 28.4. The summed E-state index contributed by atoms with van der Waals surface area (Å²) in [5.74, 6) is -0.678. The van der Waals surface area contributed by atoms with Gasteiger partial charge in [0.05, 0.1) is 42.2 Å². The number of hydrogen-bond donors (Lipinski definition) is 1. The summed E-state index contributed by atoms with van der Waals surface area (Å²) >= 11 is 0. The molecule has 0 unspecified atom stereocenters. The summed E-state index contributed by atoms with van der Waals surface area (Å²) in [6, 6.07) is 6.62. The summed E-state index contributed by atoms with van der Waals surface area (Å²) in [5, 5.41) is 14.2. The Balaban J connectivity index is 1.51. The number of aromatic hydroxyl groups is 1. The normalized spacial score (nSPS) is 16.9. The average Bonchev–Trinajstić information content (AvgIpc) is 3.31. The Labute approximate surface area is 227 Å². The lowest BCUT2D eigenvalue weighted by molar-refractivity contribution is -0.175. The Morgan fingerprint density at radius 2 is 2.05 bits per heavy atom. The number of rotatable bonds is 9. The van der Waals surface area contributed by atoms with E-state index in [9.17, 15) is 19.5 Å². The van der Waals surface area contributed by atoms with Gasteiger partial charge in [-0.2, -0.15) is 0 Å². The van der Waals surface area contributed by atoms with Crippen LogP contribution in [0.15, 0.2) is 34.2 Å². The molecule has 0 radical (unpaired) electrons. The van der Waals surface area contributed by atoms with Crippen molar-refractivity contribution in [2.75, 3.05) is 26.4 Å². The number of pyridine rings is 2. The predicted octanol–water partition coefficient (Wildman–Crippen LogP) is 3.84. The van der Waals surface area contributed by atoms with Crippen LogP contribution < -0.4 is 5.56 Å². The molecule has 1 N–H and O–H groups in total. The highest BCUT2D eigenvalue weighted by molar-refractivity contribution is 5.90. The Hall–Kier alpha value is -4.61. The number of phenolic OH excluding ortho intramolecular Hbond substituents is 1. The van der Waals surface area contributed by atoms with Crippen LogP contribution in [0, 0.1) is 0 Å². The smallest absolute Gasteiger partial charge is 0.508 e. The predicted molar refractivity (Wildman–Crippen MR) is 141 cm³/mol. The number of esters is 1. The van der Waals surface area contributed by atoms with Crippen LogP contribution in [0.5, 0.6) is 5.75 Å². The fourth-order valence-electron chi connectivity index (χ4n) is 5.32. The van der Waals surface area contributed by atoms with Crippen LogP contribution in [0.1, 0.15) is 42.5 Å². The van der Waals surface area contributed by atoms with Crippen LogP contribution in [-0.2, 0) is 48.9 Å². The van der Waals surface area contributed by atoms with E-state index in [0.29, 0.717) is 23.3 Å². The van der Waals surface area contributed by atoms with Gasteiger partial charge < -0.3 is 28.6 Å². The summed E-state index contributed by atoms with van der Waals surface area (Å²) < 4.78 is 22.8. The van der Waals surface area contributed by atoms with Crippen molar-refractivity contribution in [2.45, 2.75) is 45.4 Å². The molecule has 2 aliphatic heterocycles. The highest BCUT2D eigenvalue weighted by atomic mass is 16.7. The molecule has 13 nitrogen and oxygen atoms in total. The van der Waals surface area contributed by atoms with Crippen molar-refractivity contribution in [3.63, 3.8) is 0 Å². The first kappa shape index (κ1) is 27.0. The molecule has 0 spiro atoms. The van der Waals surface area contributed by atoms with Gasteiger partial charge in [0.1, 0.15) is 19.0 Å². The van der Waals surface area contributed by atoms with Gasteiger partial charge in [0.2, 0.25) is 5.60 Å². The molecule has 0 bridgehead atoms. The SMILES string of the molecule is CCc1c2c(nc3ccc(O)cc13)-c1cc3c(c(=O)n1C2)COC(=O)[C@@]3(CC)OC(=O)OCCOCCN=[N+]=[N-]. The Morgan fingerprint density at radius 1 is 1.23 bits per heavy atom. The minimum atomic E-state index is -1.89. The lowest BCUT2D eigenvalue weighted by Crippen LogP contribution is -2.47. The number of azide groups is 1. The number of benzene rings is 1. The van der Waals surface area contributed by atoms with Gasteiger partial charge in [0, 0.05) is 28.0 Å². The number of carbonyl (C=O) groups excluding carboxylic acids is 2. The van der Waals surface area contributed by atoms with E-state index in [1.54, 1.807) is 35.8 Å². The first-order valence-electron chi connectivity index (χ1n) is 12.9. The zero-order valence-corrected chi connectivity index (χ0v) is 22.0. The molecule has 1 atom stereocenters. The van der Waals surface area contributed by atoms with E-state index in [2.05, 4.69) is 10.0 Å². The standard InChI is InChI=1S/C27H27N5O8/c1-3-16-17-11-15(33)5-6-21(17)30-23-18(16)13-32-22(23)12-20-19(24(32)34)14-39-25(35)27(20,4-2)40-26(36)38-10-9-37-8-7-29-31-28/h5-6,11-12,33H,3-4,7-10,13-14H2,1-2H3/t27-/m0/s1. The van der Waals surface area contributed by atoms with Gasteiger partial charge in [0.15, 0.2) is 0 Å². The molecule has 2 aliphatic rings. The summed E-state index contributed by atoms with van der Waals surface area (Å²) in [4.78, 5) is 46.9. The van der Waals surface area contributed by atoms with Gasteiger partial charge in [-0.25, -0.2) is 14.6 Å². The van der Waals surface area contributed by atoms with Crippen molar-refractivity contribution < 1.29 is 33.6 Å². The van der Waals surface area contributed by atoms with E-state index in [-0.39, 0.29) is 68.4 Å². The average molecular weight is 550 g/mol. The number of phenols is 1. The molecule has 0 saturated carbocycles. The zero-order valence-electron chi connectivity index (χ0n) is 22.0. The molecule has 4 heterocycles. The topological polar surface area (TPSA) is 175 Å². The maximum atomic E-state index is 13.7. The Bertz CT molecular complexity index is 1630. The monoisotopic (exact) mass is 549 g/mol. The molecule has 0 saturated heterocycles. The first-order chi connectivity index (χ1) is 19.3. The molecule has 0 amide bonds. The van der Waals surface area contributed by atoms with Crippen LogP contribution >= 0.6 is 0 Å². The van der Waals surface area contributed by atoms with Gasteiger partial charge in [0.25, 0.3) is 5.56 Å². The minimum absolute atomic E-state index is 0.00299. The van der Waals surface area contributed by atoms with E-state index in [4.69, 9.17) is 29.5 Å². The van der Waals surface area contributed by atoms with E-state index in [0.717, 1.165) is 16.5 Å². The highest BCUT2D eigenvalue weighted by Crippen LogP contribution is 2.42. The number of aryl methyl sites for hydroxylation is 1. The van der Waals surface area contributed by atoms with Gasteiger partial charge in [-0.15, -0.1) is 0 Å². The van der Waals surface area contributed by atoms with E-state index in [1.165, 1.54) is 0 Å². The van der Waals surface area contributed by atoms with E-state index >= 15 is 0 Å². The van der Waals surface area contributed by atoms with Gasteiger partial charge in [-0.05, 0) is 48.2 Å². The number of nitrogens with zero attached hydrogens (tertiary/aromatic N) is 5. The molecule has 2 aromatic heterocycles. The molecular weight excluding hydrogens is 522 g/mol. The second kappa shape index (κ2) is 10.9. The number of hydrogen-bond acceptors (Lipinski definition) is 10. The van der Waals surface area contributed by atoms with E-state index in [1.807, 2.05) is 6.92 Å². The first-order valence-corrected chi connectivity index (χ1v) is 12.9. The number of cyclic esters (lactones) is 1. The quantitative estimate of drug-likeness (QED) is 0.107. The number of fused-ring (bicyclic) bond motifs is 5. The van der Waals surface area contributed by atoms with Gasteiger partial charge in [-0.3, -0.25) is 4.79 Å². The van der Waals surface area contributed by atoms with Gasteiger partial charge in [-0.1, -0.05) is 19.0 Å². The fourth-order valence-corrected chi connectivity index (χ4v) is 5.32. The third-order valence-electron chi connectivity index (χ3n) is 7.21. The van der Waals surface area contributed by atoms with Crippen molar-refractivity contribution in [1.29, 1.82) is 0 Å². The van der Waals surface area contributed by atoms with Crippen LogP contribution in [0.2, 0.25) is 0 Å². The molecule has 0 fully saturated rings. The lowest BCUT2D eigenvalue weighted by atomic mass is 9.85. The Morgan fingerprint density at radius 3 is 2.80 bits per heavy atom. The van der Waals surface area contributed by atoms with Crippen LogP contribution in [0.3, 0.4) is 0 Å². The second-order valence-corrected chi connectivity index (χ2v) is 9.31. The summed E-state index contributed by atoms with van der Waals surface area (Å²) in [5.41, 5.74) is 10.1. The van der Waals surface area contributed by atoms with E-state index < -0.39 is 17.7 Å². The summed E-state index contributed by atoms with van der Waals surface area (Å²) in [6.45, 7) is 3.81. The highest BCUT2D eigenvalue weighted by Gasteiger charge is 2.51. The van der Waals surface area contributed by atoms with Crippen molar-refractivity contribution in [1.82, 2.24) is 9.55 Å². The molecular formula is C27H27N5O8. The van der Waals surface area contributed by atoms with Crippen molar-refractivity contribution in [3.05, 3.63) is 67.3 Å². The molecule has 3 aromatic rings. The maximum Gasteiger partial charge on any atom is 0.509 e. The third kappa shape index (κ3) is 4.48. The summed E-state index contributed by atoms with van der Waals surface area (Å²) in [6.07, 6.45) is -0.474. The van der Waals surface area contributed by atoms with Crippen LogP contribution in [0.25, 0.3) is 32.7 Å². The minimum Gasteiger partial charge on any atom is -0.508 e. The van der Waals surface area contributed by atoms with Crippen LogP contribution in [-0.4, -0.2) is 53.1 Å². The molecule has 40 heavy (non-hydrogen) atoms. The fraction of sp³-hybridized carbons (Fsp3) is 0.407. The van der Waals surface area contributed by atoms with Crippen molar-refractivity contribution in [2.24, 2.45) is 5.11 Å². The van der Waals surface area contributed by atoms with Crippen molar-refractivity contribution >= 4 is 23.0 Å². The number of ether oxygens (including phenoxy) is 4. The van der Waals surface area contributed by atoms with Crippen molar-refractivity contribution in [3.8, 4) is 17.1 Å². The molecule has 208 valence electrons. The largest absolute Gasteiger partial charge is 0.509 e.